The lowest BCUT2D eigenvalue weighted by atomic mass is 10.1. The van der Waals surface area contributed by atoms with Gasteiger partial charge < -0.3 is 14.6 Å². The largest absolute Gasteiger partial charge is 0.480 e. The number of benzene rings is 1. The van der Waals surface area contributed by atoms with Gasteiger partial charge in [0.05, 0.1) is 17.4 Å². The molecule has 1 aromatic carbocycles. The average Bonchev–Trinajstić information content (AvgIpc) is 2.70. The molecular formula is C20H19Cl2FN4O3. The maximum atomic E-state index is 15.4. The molecule has 3 rings (SSSR count). The first kappa shape index (κ1) is 22.0. The van der Waals surface area contributed by atoms with Crippen molar-refractivity contribution in [1.82, 2.24) is 14.5 Å². The van der Waals surface area contributed by atoms with Crippen LogP contribution in [-0.2, 0) is 4.79 Å². The van der Waals surface area contributed by atoms with Gasteiger partial charge in [-0.25, -0.2) is 9.37 Å². The Morgan fingerprint density at radius 1 is 1.33 bits per heavy atom. The molecule has 0 saturated heterocycles. The Bertz CT molecular complexity index is 1180. The van der Waals surface area contributed by atoms with Gasteiger partial charge in [0.2, 0.25) is 5.28 Å². The smallest absolute Gasteiger partial charge is 0.293 e. The predicted octanol–water partition coefficient (Wildman–Crippen LogP) is 4.92. The molecule has 0 saturated carbocycles. The van der Waals surface area contributed by atoms with E-state index in [-0.39, 0.29) is 57.8 Å². The number of Topliss-reactive ketones (excluding diaryl/α,β-unsaturated/α-hetero) is 1. The topological polar surface area (TPSA) is 86.1 Å². The van der Waals surface area contributed by atoms with Crippen LogP contribution in [0, 0.1) is 5.82 Å². The molecule has 0 bridgehead atoms. The van der Waals surface area contributed by atoms with Crippen molar-refractivity contribution in [3.8, 4) is 5.75 Å². The molecule has 10 heteroatoms. The molecule has 0 atom stereocenters. The van der Waals surface area contributed by atoms with Gasteiger partial charge in [0, 0.05) is 17.8 Å². The second-order valence-corrected chi connectivity index (χ2v) is 7.52. The number of aromatic nitrogens is 3. The highest BCUT2D eigenvalue weighted by molar-refractivity contribution is 6.33. The van der Waals surface area contributed by atoms with Crippen molar-refractivity contribution in [3.05, 3.63) is 50.9 Å². The van der Waals surface area contributed by atoms with Crippen molar-refractivity contribution in [2.45, 2.75) is 33.2 Å². The molecule has 1 N–H and O–H groups in total. The molecule has 0 spiro atoms. The van der Waals surface area contributed by atoms with E-state index >= 15 is 4.39 Å². The third-order valence-electron chi connectivity index (χ3n) is 4.39. The summed E-state index contributed by atoms with van der Waals surface area (Å²) < 4.78 is 22.2. The van der Waals surface area contributed by atoms with E-state index in [9.17, 15) is 9.59 Å². The normalized spacial score (nSPS) is 11.2. The molecule has 30 heavy (non-hydrogen) atoms. The summed E-state index contributed by atoms with van der Waals surface area (Å²) >= 11 is 11.8. The zero-order valence-electron chi connectivity index (χ0n) is 16.5. The van der Waals surface area contributed by atoms with Crippen molar-refractivity contribution < 1.29 is 13.9 Å². The number of nitrogens with one attached hydrogen (secondary N) is 1. The summed E-state index contributed by atoms with van der Waals surface area (Å²) in [6.45, 7) is 5.04. The number of hydrogen-bond donors (Lipinski definition) is 1. The molecule has 0 aliphatic rings. The summed E-state index contributed by atoms with van der Waals surface area (Å²) in [4.78, 5) is 32.1. The van der Waals surface area contributed by atoms with Gasteiger partial charge in [-0.05, 0) is 43.6 Å². The minimum absolute atomic E-state index is 0.0481. The Balaban J connectivity index is 2.14. The Labute approximate surface area is 181 Å². The summed E-state index contributed by atoms with van der Waals surface area (Å²) in [7, 11) is 0. The van der Waals surface area contributed by atoms with E-state index in [4.69, 9.17) is 27.9 Å². The monoisotopic (exact) mass is 452 g/mol. The highest BCUT2D eigenvalue weighted by Gasteiger charge is 2.18. The molecule has 3 aromatic rings. The van der Waals surface area contributed by atoms with E-state index in [0.29, 0.717) is 5.52 Å². The van der Waals surface area contributed by atoms with Crippen LogP contribution in [0.1, 0.15) is 33.2 Å². The van der Waals surface area contributed by atoms with Crippen LogP contribution in [0.25, 0.3) is 10.9 Å². The number of fused-ring (bicyclic) bond motifs is 1. The molecule has 2 heterocycles. The number of halogens is 3. The fourth-order valence-electron chi connectivity index (χ4n) is 2.88. The Kier molecular flexibility index (Phi) is 6.58. The van der Waals surface area contributed by atoms with Gasteiger partial charge in [0.15, 0.2) is 23.2 Å². The number of ether oxygens (including phenoxy) is 1. The Morgan fingerprint density at radius 3 is 2.73 bits per heavy atom. The molecule has 2 aromatic heterocycles. The van der Waals surface area contributed by atoms with E-state index in [1.54, 1.807) is 26.8 Å². The lowest BCUT2D eigenvalue weighted by molar-refractivity contribution is -0.120. The number of carbonyl (C=O) groups excluding carboxylic acids is 1. The molecule has 0 aliphatic heterocycles. The summed E-state index contributed by atoms with van der Waals surface area (Å²) in [5.74, 6) is -0.773. The minimum Gasteiger partial charge on any atom is -0.480 e. The highest BCUT2D eigenvalue weighted by atomic mass is 35.5. The first-order valence-corrected chi connectivity index (χ1v) is 9.95. The van der Waals surface area contributed by atoms with Crippen LogP contribution in [0.3, 0.4) is 0 Å². The third kappa shape index (κ3) is 4.39. The lowest BCUT2D eigenvalue weighted by Crippen LogP contribution is -2.25. The molecule has 0 radical (unpaired) electrons. The van der Waals surface area contributed by atoms with Gasteiger partial charge in [-0.15, -0.1) is 0 Å². The van der Waals surface area contributed by atoms with Crippen LogP contribution in [-0.4, -0.2) is 26.9 Å². The summed E-state index contributed by atoms with van der Waals surface area (Å²) in [5, 5.41) is 3.05. The van der Waals surface area contributed by atoms with E-state index in [0.717, 1.165) is 0 Å². The van der Waals surface area contributed by atoms with Gasteiger partial charge in [-0.1, -0.05) is 18.5 Å². The number of rotatable bonds is 7. The van der Waals surface area contributed by atoms with Crippen molar-refractivity contribution in [2.75, 3.05) is 11.9 Å². The molecule has 0 amide bonds. The number of ketones is 1. The van der Waals surface area contributed by atoms with Crippen molar-refractivity contribution in [1.29, 1.82) is 0 Å². The fourth-order valence-corrected chi connectivity index (χ4v) is 3.16. The fraction of sp³-hybridized carbons (Fsp3) is 0.300. The summed E-state index contributed by atoms with van der Waals surface area (Å²) in [6.07, 6.45) is 1.57. The van der Waals surface area contributed by atoms with Crippen LogP contribution >= 0.6 is 23.2 Å². The van der Waals surface area contributed by atoms with Crippen LogP contribution < -0.4 is 15.6 Å². The van der Waals surface area contributed by atoms with E-state index < -0.39 is 11.4 Å². The van der Waals surface area contributed by atoms with Crippen molar-refractivity contribution in [2.24, 2.45) is 0 Å². The number of carbonyl (C=O) groups is 1. The average molecular weight is 453 g/mol. The number of anilines is 2. The van der Waals surface area contributed by atoms with E-state index in [1.807, 2.05) is 0 Å². The molecule has 7 nitrogen and oxygen atoms in total. The van der Waals surface area contributed by atoms with Gasteiger partial charge in [0.25, 0.3) is 5.56 Å². The Morgan fingerprint density at radius 2 is 2.07 bits per heavy atom. The van der Waals surface area contributed by atoms with Gasteiger partial charge in [0.1, 0.15) is 11.6 Å². The maximum absolute atomic E-state index is 15.4. The summed E-state index contributed by atoms with van der Waals surface area (Å²) in [5.41, 5.74) is 0.0230. The van der Waals surface area contributed by atoms with Gasteiger partial charge in [-0.2, -0.15) is 4.98 Å². The number of pyridine rings is 1. The molecule has 0 fully saturated rings. The van der Waals surface area contributed by atoms with Crippen LogP contribution in [0.4, 0.5) is 15.9 Å². The molecule has 158 valence electrons. The van der Waals surface area contributed by atoms with Crippen LogP contribution in [0.2, 0.25) is 10.3 Å². The third-order valence-corrected chi connectivity index (χ3v) is 4.85. The van der Waals surface area contributed by atoms with E-state index in [2.05, 4.69) is 15.3 Å². The van der Waals surface area contributed by atoms with Crippen LogP contribution in [0.5, 0.6) is 5.75 Å². The zero-order chi connectivity index (χ0) is 22.0. The van der Waals surface area contributed by atoms with Gasteiger partial charge in [-0.3, -0.25) is 9.59 Å². The predicted molar refractivity (Wildman–Crippen MR) is 115 cm³/mol. The molecule has 0 unspecified atom stereocenters. The molecule has 0 aliphatic carbocycles. The van der Waals surface area contributed by atoms with Crippen LogP contribution in [0.15, 0.2) is 29.2 Å². The number of nitrogens with zero attached hydrogens (tertiary/aromatic N) is 3. The standard InChI is InChI=1S/C20H19Cl2FN4O3/c1-4-11(28)9-30-16-7-12-15(27(10(2)3)19(16)29)6-5-14(17(12)23)25-18-13(21)8-24-20(22)26-18/h5-8,10H,4,9H2,1-3H3,(H,24,25,26). The number of hydrogen-bond acceptors (Lipinski definition) is 6. The molecular weight excluding hydrogens is 434 g/mol. The maximum Gasteiger partial charge on any atom is 0.293 e. The summed E-state index contributed by atoms with van der Waals surface area (Å²) in [6, 6.07) is 4.12. The Hall–Kier alpha value is -2.71. The minimum atomic E-state index is -0.639. The van der Waals surface area contributed by atoms with Crippen molar-refractivity contribution >= 4 is 51.4 Å². The SMILES string of the molecule is CCC(=O)COc1cc2c(F)c(Nc3nc(Cl)ncc3Cl)ccc2n(C(C)C)c1=O. The highest BCUT2D eigenvalue weighted by Crippen LogP contribution is 2.31. The van der Waals surface area contributed by atoms with E-state index in [1.165, 1.54) is 22.9 Å². The second kappa shape index (κ2) is 8.97. The quantitative estimate of drug-likeness (QED) is 0.511. The van der Waals surface area contributed by atoms with Gasteiger partial charge >= 0.3 is 0 Å². The second-order valence-electron chi connectivity index (χ2n) is 6.78. The first-order chi connectivity index (χ1) is 14.2. The zero-order valence-corrected chi connectivity index (χ0v) is 18.0. The van der Waals surface area contributed by atoms with Crippen molar-refractivity contribution in [3.63, 3.8) is 0 Å². The first-order valence-electron chi connectivity index (χ1n) is 9.20. The lowest BCUT2D eigenvalue weighted by Gasteiger charge is -2.18.